The summed E-state index contributed by atoms with van der Waals surface area (Å²) in [4.78, 5) is 0. The van der Waals surface area contributed by atoms with Crippen molar-refractivity contribution in [2.24, 2.45) is 0 Å². The molecule has 8 heavy (non-hydrogen) atoms. The summed E-state index contributed by atoms with van der Waals surface area (Å²) >= 11 is 0. The molecule has 0 bridgehead atoms. The van der Waals surface area contributed by atoms with E-state index < -0.39 is 0 Å². The maximum absolute atomic E-state index is 4.80. The van der Waals surface area contributed by atoms with Crippen LogP contribution >= 0.6 is 0 Å². The van der Waals surface area contributed by atoms with Crippen molar-refractivity contribution in [2.75, 3.05) is 14.2 Å². The monoisotopic (exact) mass is 129 g/mol. The van der Waals surface area contributed by atoms with E-state index >= 15 is 0 Å². The van der Waals surface area contributed by atoms with E-state index in [1.54, 1.807) is 26.0 Å². The van der Waals surface area contributed by atoms with Gasteiger partial charge in [-0.3, -0.25) is 0 Å². The van der Waals surface area contributed by atoms with Gasteiger partial charge in [0, 0.05) is 14.2 Å². The zero-order valence-electron chi connectivity index (χ0n) is 5.05. The molecule has 0 atom stereocenters. The van der Waals surface area contributed by atoms with Crippen molar-refractivity contribution < 1.29 is 9.47 Å². The Labute approximate surface area is 52.9 Å². The van der Waals surface area contributed by atoms with E-state index in [-0.39, 0.29) is 6.29 Å². The van der Waals surface area contributed by atoms with Crippen molar-refractivity contribution in [1.29, 1.82) is 0 Å². The standard InChI is InChI=1S/C5H9O2Si/c1-6-5(7-2)3-4-8/h3-5H,1-2H3. The molecule has 0 heterocycles. The van der Waals surface area contributed by atoms with Crippen LogP contribution in [0.1, 0.15) is 0 Å². The summed E-state index contributed by atoms with van der Waals surface area (Å²) in [5, 5.41) is 0. The summed E-state index contributed by atoms with van der Waals surface area (Å²) in [6.07, 6.45) is 1.52. The van der Waals surface area contributed by atoms with Crippen LogP contribution in [-0.2, 0) is 9.47 Å². The molecule has 0 N–H and O–H groups in total. The van der Waals surface area contributed by atoms with Gasteiger partial charge in [-0.25, -0.2) is 0 Å². The molecule has 0 aliphatic rings. The van der Waals surface area contributed by atoms with E-state index in [0.717, 1.165) is 0 Å². The fraction of sp³-hybridized carbons (Fsp3) is 0.600. The average molecular weight is 129 g/mol. The molecule has 0 rings (SSSR count). The van der Waals surface area contributed by atoms with Crippen LogP contribution < -0.4 is 0 Å². The van der Waals surface area contributed by atoms with Gasteiger partial charge >= 0.3 is 0 Å². The van der Waals surface area contributed by atoms with Gasteiger partial charge in [0.1, 0.15) is 0 Å². The number of hydrogen-bond donors (Lipinski definition) is 0. The summed E-state index contributed by atoms with van der Waals surface area (Å²) in [7, 11) is 6.30. The van der Waals surface area contributed by atoms with Crippen molar-refractivity contribution >= 4 is 10.2 Å². The zero-order valence-corrected chi connectivity index (χ0v) is 6.05. The Morgan fingerprint density at radius 1 is 1.38 bits per heavy atom. The Hall–Kier alpha value is -0.123. The van der Waals surface area contributed by atoms with E-state index in [4.69, 9.17) is 9.47 Å². The fourth-order valence-electron chi connectivity index (χ4n) is 0.332. The summed E-state index contributed by atoms with van der Waals surface area (Å²) in [6, 6.07) is 0. The minimum absolute atomic E-state index is 0.229. The normalized spacial score (nSPS) is 11.5. The molecule has 45 valence electrons. The molecule has 2 nitrogen and oxygen atoms in total. The first-order valence-electron chi connectivity index (χ1n) is 2.24. The Morgan fingerprint density at radius 2 is 1.88 bits per heavy atom. The van der Waals surface area contributed by atoms with E-state index in [1.807, 2.05) is 0 Å². The van der Waals surface area contributed by atoms with E-state index in [9.17, 15) is 0 Å². The topological polar surface area (TPSA) is 18.5 Å². The Kier molecular flexibility index (Phi) is 4.95. The summed E-state index contributed by atoms with van der Waals surface area (Å²) in [5.74, 6) is 0. The van der Waals surface area contributed by atoms with Crippen LogP contribution in [0, 0.1) is 0 Å². The molecule has 0 spiro atoms. The lowest BCUT2D eigenvalue weighted by Crippen LogP contribution is -2.08. The van der Waals surface area contributed by atoms with Crippen LogP contribution in [0.2, 0.25) is 0 Å². The lowest BCUT2D eigenvalue weighted by molar-refractivity contribution is -0.0665. The molecule has 3 radical (unpaired) electrons. The SMILES string of the molecule is COC(C=C[Si])OC. The second kappa shape index (κ2) is 5.02. The molecular formula is C5H9O2Si. The van der Waals surface area contributed by atoms with Crippen LogP contribution in [0.15, 0.2) is 11.8 Å². The van der Waals surface area contributed by atoms with Crippen molar-refractivity contribution in [3.8, 4) is 0 Å². The highest BCUT2D eigenvalue weighted by molar-refractivity contribution is 6.16. The van der Waals surface area contributed by atoms with Crippen molar-refractivity contribution in [3.05, 3.63) is 11.8 Å². The zero-order chi connectivity index (χ0) is 6.41. The van der Waals surface area contributed by atoms with Crippen LogP contribution in [0.5, 0.6) is 0 Å². The van der Waals surface area contributed by atoms with E-state index in [1.165, 1.54) is 0 Å². The predicted molar refractivity (Wildman–Crippen MR) is 32.7 cm³/mol. The van der Waals surface area contributed by atoms with Gasteiger partial charge in [0.25, 0.3) is 0 Å². The molecule has 0 aromatic rings. The first-order valence-corrected chi connectivity index (χ1v) is 2.82. The average Bonchev–Trinajstić information content (AvgIpc) is 1.83. The third kappa shape index (κ3) is 2.96. The van der Waals surface area contributed by atoms with Crippen molar-refractivity contribution in [1.82, 2.24) is 0 Å². The van der Waals surface area contributed by atoms with E-state index in [2.05, 4.69) is 10.2 Å². The fourth-order valence-corrected chi connectivity index (χ4v) is 0.489. The highest BCUT2D eigenvalue weighted by atomic mass is 28.1. The Morgan fingerprint density at radius 3 is 2.00 bits per heavy atom. The molecule has 0 saturated heterocycles. The quantitative estimate of drug-likeness (QED) is 0.403. The van der Waals surface area contributed by atoms with Gasteiger partial charge in [0.05, 0.1) is 10.2 Å². The molecule has 0 aliphatic heterocycles. The van der Waals surface area contributed by atoms with Crippen LogP contribution in [0.3, 0.4) is 0 Å². The smallest absolute Gasteiger partial charge is 0.175 e. The van der Waals surface area contributed by atoms with Crippen LogP contribution in [0.4, 0.5) is 0 Å². The molecular weight excluding hydrogens is 120 g/mol. The first kappa shape index (κ1) is 7.88. The summed E-state index contributed by atoms with van der Waals surface area (Å²) in [6.45, 7) is 0. The second-order valence-electron chi connectivity index (χ2n) is 1.20. The minimum Gasteiger partial charge on any atom is -0.352 e. The molecule has 0 saturated carbocycles. The van der Waals surface area contributed by atoms with Gasteiger partial charge in [-0.1, -0.05) is 0 Å². The van der Waals surface area contributed by atoms with Crippen LogP contribution in [0.25, 0.3) is 0 Å². The third-order valence-corrected chi connectivity index (χ3v) is 0.910. The second-order valence-corrected chi connectivity index (χ2v) is 1.53. The highest BCUT2D eigenvalue weighted by Gasteiger charge is 1.93. The van der Waals surface area contributed by atoms with Crippen molar-refractivity contribution in [2.45, 2.75) is 6.29 Å². The van der Waals surface area contributed by atoms with Gasteiger partial charge < -0.3 is 9.47 Å². The molecule has 0 aromatic heterocycles. The molecule has 0 unspecified atom stereocenters. The maximum Gasteiger partial charge on any atom is 0.175 e. The minimum atomic E-state index is -0.229. The van der Waals surface area contributed by atoms with Gasteiger partial charge in [-0.15, -0.1) is 5.70 Å². The lowest BCUT2D eigenvalue weighted by atomic mass is 10.6. The predicted octanol–water partition coefficient (Wildman–Crippen LogP) is 0.287. The number of ether oxygens (including phenoxy) is 2. The highest BCUT2D eigenvalue weighted by Crippen LogP contribution is 1.89. The first-order chi connectivity index (χ1) is 3.85. The molecule has 0 amide bonds. The van der Waals surface area contributed by atoms with Gasteiger partial charge in [0.15, 0.2) is 6.29 Å². The summed E-state index contributed by atoms with van der Waals surface area (Å²) in [5.41, 5.74) is 1.69. The summed E-state index contributed by atoms with van der Waals surface area (Å²) < 4.78 is 9.60. The molecule has 0 fully saturated rings. The third-order valence-electron chi connectivity index (χ3n) is 0.718. The van der Waals surface area contributed by atoms with Crippen LogP contribution in [-0.4, -0.2) is 30.8 Å². The van der Waals surface area contributed by atoms with Crippen molar-refractivity contribution in [3.63, 3.8) is 0 Å². The number of methoxy groups -OCH3 is 2. The van der Waals surface area contributed by atoms with Gasteiger partial charge in [-0.05, 0) is 6.08 Å². The lowest BCUT2D eigenvalue weighted by Gasteiger charge is -2.05. The van der Waals surface area contributed by atoms with Gasteiger partial charge in [0.2, 0.25) is 0 Å². The number of hydrogen-bond acceptors (Lipinski definition) is 2. The Balaban J connectivity index is 3.36. The number of rotatable bonds is 3. The maximum atomic E-state index is 4.80. The molecule has 0 aromatic carbocycles. The van der Waals surface area contributed by atoms with E-state index in [0.29, 0.717) is 0 Å². The Bertz CT molecular complexity index is 68.8. The molecule has 3 heteroatoms. The largest absolute Gasteiger partial charge is 0.352 e. The van der Waals surface area contributed by atoms with Gasteiger partial charge in [-0.2, -0.15) is 0 Å². The molecule has 0 aliphatic carbocycles.